The van der Waals surface area contributed by atoms with Crippen LogP contribution in [0.3, 0.4) is 0 Å². The summed E-state index contributed by atoms with van der Waals surface area (Å²) >= 11 is 1.61. The fraction of sp³-hybridized carbons (Fsp3) is 0.632. The van der Waals surface area contributed by atoms with Crippen LogP contribution in [0.5, 0.6) is 11.5 Å². The maximum absolute atomic E-state index is 12.9. The first-order valence-electron chi connectivity index (χ1n) is 9.06. The maximum Gasteiger partial charge on any atom is 0.236 e. The first kappa shape index (κ1) is 17.5. The van der Waals surface area contributed by atoms with E-state index in [4.69, 9.17) is 9.47 Å². The lowest BCUT2D eigenvalue weighted by Crippen LogP contribution is -2.46. The van der Waals surface area contributed by atoms with E-state index in [9.17, 15) is 4.79 Å². The van der Waals surface area contributed by atoms with Gasteiger partial charge in [-0.05, 0) is 50.8 Å². The number of hydrogen-bond donors (Lipinski definition) is 0. The lowest BCUT2D eigenvalue weighted by molar-refractivity contribution is -0.134. The molecule has 1 fully saturated rings. The highest BCUT2D eigenvalue weighted by Crippen LogP contribution is 2.36. The number of carbonyl (C=O) groups is 1. The van der Waals surface area contributed by atoms with Gasteiger partial charge in [-0.15, -0.1) is 11.8 Å². The van der Waals surface area contributed by atoms with Gasteiger partial charge in [0.15, 0.2) is 11.5 Å². The van der Waals surface area contributed by atoms with Crippen LogP contribution in [0.15, 0.2) is 23.1 Å². The Morgan fingerprint density at radius 3 is 2.83 bits per heavy atom. The number of amides is 1. The van der Waals surface area contributed by atoms with Gasteiger partial charge < -0.3 is 14.4 Å². The highest BCUT2D eigenvalue weighted by molar-refractivity contribution is 8.00. The summed E-state index contributed by atoms with van der Waals surface area (Å²) in [5.41, 5.74) is 0. The summed E-state index contributed by atoms with van der Waals surface area (Å²) in [7, 11) is 0. The van der Waals surface area contributed by atoms with Crippen LogP contribution in [-0.4, -0.2) is 41.9 Å². The number of likely N-dealkylation sites (tertiary alicyclic amines) is 1. The molecular formula is C19H27NO3S. The highest BCUT2D eigenvalue weighted by atomic mass is 32.2. The number of hydrogen-bond acceptors (Lipinski definition) is 4. The minimum atomic E-state index is -0.0816. The molecule has 1 saturated heterocycles. The molecule has 4 nitrogen and oxygen atoms in total. The molecule has 0 N–H and O–H groups in total. The van der Waals surface area contributed by atoms with Gasteiger partial charge in [-0.3, -0.25) is 4.79 Å². The van der Waals surface area contributed by atoms with E-state index >= 15 is 0 Å². The lowest BCUT2D eigenvalue weighted by Gasteiger charge is -2.36. The Labute approximate surface area is 148 Å². The number of thioether (sulfide) groups is 1. The third kappa shape index (κ3) is 4.00. The van der Waals surface area contributed by atoms with Crippen LogP contribution in [0, 0.1) is 0 Å². The summed E-state index contributed by atoms with van der Waals surface area (Å²) in [5, 5.41) is -0.0816. The number of rotatable bonds is 4. The molecule has 0 aromatic heterocycles. The van der Waals surface area contributed by atoms with Crippen molar-refractivity contribution >= 4 is 17.7 Å². The summed E-state index contributed by atoms with van der Waals surface area (Å²) in [6.45, 7) is 6.47. The van der Waals surface area contributed by atoms with E-state index in [-0.39, 0.29) is 11.2 Å². The fourth-order valence-electron chi connectivity index (χ4n) is 3.42. The Morgan fingerprint density at radius 1 is 1.25 bits per heavy atom. The van der Waals surface area contributed by atoms with Crippen LogP contribution in [-0.2, 0) is 4.79 Å². The van der Waals surface area contributed by atoms with Gasteiger partial charge in [0.25, 0.3) is 0 Å². The Hall–Kier alpha value is -1.36. The second-order valence-electron chi connectivity index (χ2n) is 6.51. The largest absolute Gasteiger partial charge is 0.490 e. The van der Waals surface area contributed by atoms with Gasteiger partial charge in [0.1, 0.15) is 0 Å². The van der Waals surface area contributed by atoms with Crippen LogP contribution in [0.4, 0.5) is 0 Å². The van der Waals surface area contributed by atoms with Crippen molar-refractivity contribution in [2.24, 2.45) is 0 Å². The van der Waals surface area contributed by atoms with Crippen molar-refractivity contribution in [1.29, 1.82) is 0 Å². The van der Waals surface area contributed by atoms with Crippen molar-refractivity contribution < 1.29 is 14.3 Å². The lowest BCUT2D eigenvalue weighted by atomic mass is 10.00. The topological polar surface area (TPSA) is 38.8 Å². The predicted molar refractivity (Wildman–Crippen MR) is 97.0 cm³/mol. The quantitative estimate of drug-likeness (QED) is 0.767. The van der Waals surface area contributed by atoms with Crippen molar-refractivity contribution in [2.45, 2.75) is 62.1 Å². The molecule has 0 radical (unpaired) electrons. The van der Waals surface area contributed by atoms with Crippen molar-refractivity contribution in [1.82, 2.24) is 4.90 Å². The van der Waals surface area contributed by atoms with E-state index in [1.54, 1.807) is 11.8 Å². The van der Waals surface area contributed by atoms with Crippen molar-refractivity contribution in [2.75, 3.05) is 19.8 Å². The Bertz CT molecular complexity index is 578. The SMILES string of the molecule is CCC1CCCCN1C(=O)C(C)Sc1ccc2c(c1)OCCCO2. The molecular weight excluding hydrogens is 322 g/mol. The van der Waals surface area contributed by atoms with E-state index in [0.29, 0.717) is 19.3 Å². The Balaban J connectivity index is 1.66. The standard InChI is InChI=1S/C19H27NO3S/c1-3-15-7-4-5-10-20(15)19(21)14(2)24-16-8-9-17-18(13-16)23-12-6-11-22-17/h8-9,13-15H,3-7,10-12H2,1-2H3. The normalized spacial score (nSPS) is 21.9. The highest BCUT2D eigenvalue weighted by Gasteiger charge is 2.29. The van der Waals surface area contributed by atoms with Crippen molar-refractivity contribution in [3.05, 3.63) is 18.2 Å². The molecule has 2 heterocycles. The van der Waals surface area contributed by atoms with Gasteiger partial charge in [0.05, 0.1) is 18.5 Å². The molecule has 0 spiro atoms. The second-order valence-corrected chi connectivity index (χ2v) is 7.92. The number of fused-ring (bicyclic) bond motifs is 1. The maximum atomic E-state index is 12.9. The zero-order valence-electron chi connectivity index (χ0n) is 14.6. The van der Waals surface area contributed by atoms with E-state index in [2.05, 4.69) is 11.8 Å². The average Bonchev–Trinajstić information content (AvgIpc) is 2.86. The summed E-state index contributed by atoms with van der Waals surface area (Å²) in [4.78, 5) is 16.0. The molecule has 24 heavy (non-hydrogen) atoms. The zero-order chi connectivity index (χ0) is 16.9. The van der Waals surface area contributed by atoms with E-state index < -0.39 is 0 Å². The third-order valence-corrected chi connectivity index (χ3v) is 5.84. The molecule has 2 aliphatic rings. The second kappa shape index (κ2) is 8.15. The third-order valence-electron chi connectivity index (χ3n) is 4.76. The summed E-state index contributed by atoms with van der Waals surface area (Å²) < 4.78 is 11.4. The summed E-state index contributed by atoms with van der Waals surface area (Å²) in [5.74, 6) is 1.86. The Kier molecular flexibility index (Phi) is 5.93. The van der Waals surface area contributed by atoms with Gasteiger partial charge in [-0.25, -0.2) is 0 Å². The Morgan fingerprint density at radius 2 is 2.04 bits per heavy atom. The van der Waals surface area contributed by atoms with Crippen LogP contribution in [0.25, 0.3) is 0 Å². The molecule has 5 heteroatoms. The van der Waals surface area contributed by atoms with Gasteiger partial charge >= 0.3 is 0 Å². The van der Waals surface area contributed by atoms with Gasteiger partial charge in [-0.2, -0.15) is 0 Å². The van der Waals surface area contributed by atoms with Crippen LogP contribution < -0.4 is 9.47 Å². The summed E-state index contributed by atoms with van der Waals surface area (Å²) in [6, 6.07) is 6.40. The van der Waals surface area contributed by atoms with Crippen LogP contribution >= 0.6 is 11.8 Å². The molecule has 1 aromatic rings. The summed E-state index contributed by atoms with van der Waals surface area (Å²) in [6.07, 6.45) is 5.46. The minimum absolute atomic E-state index is 0.0816. The number of benzene rings is 1. The van der Waals surface area contributed by atoms with Crippen molar-refractivity contribution in [3.63, 3.8) is 0 Å². The van der Waals surface area contributed by atoms with Gasteiger partial charge in [0, 0.05) is 23.9 Å². The number of piperidine rings is 1. The molecule has 0 aliphatic carbocycles. The number of carbonyl (C=O) groups excluding carboxylic acids is 1. The van der Waals surface area contributed by atoms with Gasteiger partial charge in [0.2, 0.25) is 5.91 Å². The monoisotopic (exact) mass is 349 g/mol. The van der Waals surface area contributed by atoms with Crippen LogP contribution in [0.1, 0.15) is 46.0 Å². The van der Waals surface area contributed by atoms with Crippen molar-refractivity contribution in [3.8, 4) is 11.5 Å². The molecule has 2 unspecified atom stereocenters. The zero-order valence-corrected chi connectivity index (χ0v) is 15.4. The molecule has 0 bridgehead atoms. The molecule has 1 amide bonds. The smallest absolute Gasteiger partial charge is 0.236 e. The predicted octanol–water partition coefficient (Wildman–Crippen LogP) is 4.12. The molecule has 1 aromatic carbocycles. The van der Waals surface area contributed by atoms with E-state index in [0.717, 1.165) is 48.6 Å². The molecule has 132 valence electrons. The van der Waals surface area contributed by atoms with E-state index in [1.807, 2.05) is 25.1 Å². The molecule has 2 atom stereocenters. The minimum Gasteiger partial charge on any atom is -0.490 e. The van der Waals surface area contributed by atoms with Crippen LogP contribution in [0.2, 0.25) is 0 Å². The number of nitrogens with zero attached hydrogens (tertiary/aromatic N) is 1. The van der Waals surface area contributed by atoms with Gasteiger partial charge in [-0.1, -0.05) is 6.92 Å². The molecule has 2 aliphatic heterocycles. The average molecular weight is 349 g/mol. The first-order valence-corrected chi connectivity index (χ1v) is 9.93. The number of ether oxygens (including phenoxy) is 2. The molecule has 0 saturated carbocycles. The van der Waals surface area contributed by atoms with E-state index in [1.165, 1.54) is 6.42 Å². The molecule has 3 rings (SSSR count). The fourth-order valence-corrected chi connectivity index (χ4v) is 4.39. The first-order chi connectivity index (χ1) is 11.7.